The molecule has 0 bridgehead atoms. The van der Waals surface area contributed by atoms with Crippen molar-refractivity contribution in [2.75, 3.05) is 0 Å². The van der Waals surface area contributed by atoms with Crippen molar-refractivity contribution in [3.8, 4) is 0 Å². The second-order valence-corrected chi connectivity index (χ2v) is 5.22. The standard InChI is InChI=1S/C8H12N4O5S/c1-4-6(3-10-11-4)18(16,17)12-5(8(14)15)2-7(9)13/h3,5,12H,2H2,1H3,(H2,9,13)(H,10,11)(H,14,15)/t5-/m1/s1. The fraction of sp³-hybridized carbons (Fsp3) is 0.375. The lowest BCUT2D eigenvalue weighted by Crippen LogP contribution is -2.43. The number of amides is 1. The van der Waals surface area contributed by atoms with Crippen molar-refractivity contribution in [3.05, 3.63) is 11.9 Å². The minimum absolute atomic E-state index is 0.182. The normalized spacial score (nSPS) is 13.2. The molecule has 0 saturated heterocycles. The summed E-state index contributed by atoms with van der Waals surface area (Å²) in [6.45, 7) is 1.46. The van der Waals surface area contributed by atoms with Gasteiger partial charge in [-0.25, -0.2) is 8.42 Å². The Labute approximate surface area is 102 Å². The van der Waals surface area contributed by atoms with Gasteiger partial charge < -0.3 is 10.8 Å². The summed E-state index contributed by atoms with van der Waals surface area (Å²) in [4.78, 5) is 21.3. The number of aromatic nitrogens is 2. The van der Waals surface area contributed by atoms with Crippen molar-refractivity contribution in [2.45, 2.75) is 24.3 Å². The molecule has 1 aromatic rings. The monoisotopic (exact) mass is 276 g/mol. The number of carboxylic acid groups (broad SMARTS) is 1. The number of aromatic amines is 1. The molecule has 0 aromatic carbocycles. The predicted molar refractivity (Wildman–Crippen MR) is 58.9 cm³/mol. The number of aliphatic carboxylic acids is 1. The summed E-state index contributed by atoms with van der Waals surface area (Å²) >= 11 is 0. The largest absolute Gasteiger partial charge is 0.480 e. The second kappa shape index (κ2) is 5.14. The number of hydrogen-bond donors (Lipinski definition) is 4. The Kier molecular flexibility index (Phi) is 4.03. The molecule has 100 valence electrons. The Hall–Kier alpha value is -1.94. The van der Waals surface area contributed by atoms with Gasteiger partial charge in [-0.2, -0.15) is 9.82 Å². The maximum Gasteiger partial charge on any atom is 0.322 e. The number of primary amides is 1. The Morgan fingerprint density at radius 2 is 2.22 bits per heavy atom. The first-order chi connectivity index (χ1) is 8.24. The van der Waals surface area contributed by atoms with Crippen molar-refractivity contribution >= 4 is 21.9 Å². The van der Waals surface area contributed by atoms with Crippen molar-refractivity contribution in [3.63, 3.8) is 0 Å². The number of rotatable bonds is 6. The number of sulfonamides is 1. The highest BCUT2D eigenvalue weighted by Crippen LogP contribution is 2.12. The molecule has 10 heteroatoms. The van der Waals surface area contributed by atoms with E-state index in [1.54, 1.807) is 0 Å². The van der Waals surface area contributed by atoms with Gasteiger partial charge >= 0.3 is 5.97 Å². The Balaban J connectivity index is 2.97. The second-order valence-electron chi connectivity index (χ2n) is 3.54. The van der Waals surface area contributed by atoms with Crippen molar-refractivity contribution in [2.24, 2.45) is 5.73 Å². The molecule has 5 N–H and O–H groups in total. The molecule has 0 saturated carbocycles. The maximum atomic E-state index is 11.8. The van der Waals surface area contributed by atoms with Crippen LogP contribution in [0.2, 0.25) is 0 Å². The fourth-order valence-electron chi connectivity index (χ4n) is 1.24. The van der Waals surface area contributed by atoms with Crippen LogP contribution in [0.3, 0.4) is 0 Å². The van der Waals surface area contributed by atoms with Crippen LogP contribution >= 0.6 is 0 Å². The number of nitrogens with one attached hydrogen (secondary N) is 2. The highest BCUT2D eigenvalue weighted by Gasteiger charge is 2.28. The van der Waals surface area contributed by atoms with E-state index in [2.05, 4.69) is 10.2 Å². The molecule has 0 fully saturated rings. The Morgan fingerprint density at radius 3 is 2.61 bits per heavy atom. The van der Waals surface area contributed by atoms with E-state index in [1.807, 2.05) is 4.72 Å². The van der Waals surface area contributed by atoms with E-state index in [-0.39, 0.29) is 10.6 Å². The third-order valence-electron chi connectivity index (χ3n) is 2.07. The third kappa shape index (κ3) is 3.28. The summed E-state index contributed by atoms with van der Waals surface area (Å²) < 4.78 is 25.5. The fourth-order valence-corrected chi connectivity index (χ4v) is 2.57. The molecule has 1 aromatic heterocycles. The smallest absolute Gasteiger partial charge is 0.322 e. The van der Waals surface area contributed by atoms with Gasteiger partial charge in [-0.15, -0.1) is 0 Å². The van der Waals surface area contributed by atoms with Crippen LogP contribution in [-0.2, 0) is 19.6 Å². The van der Waals surface area contributed by atoms with Gasteiger partial charge in [0.25, 0.3) is 0 Å². The summed E-state index contributed by atoms with van der Waals surface area (Å²) in [5, 5.41) is 14.7. The molecule has 1 rings (SSSR count). The van der Waals surface area contributed by atoms with Crippen molar-refractivity contribution in [1.82, 2.24) is 14.9 Å². The van der Waals surface area contributed by atoms with E-state index in [1.165, 1.54) is 6.92 Å². The van der Waals surface area contributed by atoms with Gasteiger partial charge in [-0.05, 0) is 6.92 Å². The van der Waals surface area contributed by atoms with E-state index in [0.717, 1.165) is 6.20 Å². The zero-order chi connectivity index (χ0) is 13.9. The molecule has 18 heavy (non-hydrogen) atoms. The van der Waals surface area contributed by atoms with E-state index >= 15 is 0 Å². The van der Waals surface area contributed by atoms with E-state index < -0.39 is 34.4 Å². The third-order valence-corrected chi connectivity index (χ3v) is 3.66. The van der Waals surface area contributed by atoms with Crippen molar-refractivity contribution < 1.29 is 23.1 Å². The van der Waals surface area contributed by atoms with Crippen LogP contribution in [0.4, 0.5) is 0 Å². The summed E-state index contributed by atoms with van der Waals surface area (Å²) in [5.41, 5.74) is 5.10. The van der Waals surface area contributed by atoms with Gasteiger partial charge in [-0.1, -0.05) is 0 Å². The van der Waals surface area contributed by atoms with Gasteiger partial charge in [0.15, 0.2) is 0 Å². The summed E-state index contributed by atoms with van der Waals surface area (Å²) in [5.74, 6) is -2.41. The number of nitrogens with zero attached hydrogens (tertiary/aromatic N) is 1. The van der Waals surface area contributed by atoms with Gasteiger partial charge in [-0.3, -0.25) is 14.7 Å². The molecular formula is C8H12N4O5S. The SMILES string of the molecule is Cc1[nH]ncc1S(=O)(=O)N[C@H](CC(N)=O)C(=O)O. The number of nitrogens with two attached hydrogens (primary N) is 1. The first-order valence-electron chi connectivity index (χ1n) is 4.77. The summed E-state index contributed by atoms with van der Waals surface area (Å²) in [6, 6.07) is -1.61. The maximum absolute atomic E-state index is 11.8. The summed E-state index contributed by atoms with van der Waals surface area (Å²) in [7, 11) is -4.07. The number of hydrogen-bond acceptors (Lipinski definition) is 5. The van der Waals surface area contributed by atoms with Crippen LogP contribution in [0, 0.1) is 6.92 Å². The Morgan fingerprint density at radius 1 is 1.61 bits per heavy atom. The van der Waals surface area contributed by atoms with Crippen molar-refractivity contribution in [1.29, 1.82) is 0 Å². The van der Waals surface area contributed by atoms with Crippen LogP contribution in [0.15, 0.2) is 11.1 Å². The molecule has 0 spiro atoms. The van der Waals surface area contributed by atoms with Crippen LogP contribution in [0.5, 0.6) is 0 Å². The lowest BCUT2D eigenvalue weighted by molar-refractivity contribution is -0.140. The lowest BCUT2D eigenvalue weighted by Gasteiger charge is -2.12. The minimum atomic E-state index is -4.07. The Bertz CT molecular complexity index is 564. The summed E-state index contributed by atoms with van der Waals surface area (Å²) in [6.07, 6.45) is 0.409. The number of carboxylic acids is 1. The molecule has 1 atom stereocenters. The number of H-pyrrole nitrogens is 1. The molecule has 0 aliphatic rings. The van der Waals surface area contributed by atoms with E-state index in [9.17, 15) is 18.0 Å². The predicted octanol–water partition coefficient (Wildman–Crippen LogP) is -1.67. The van der Waals surface area contributed by atoms with E-state index in [4.69, 9.17) is 10.8 Å². The molecular weight excluding hydrogens is 264 g/mol. The average Bonchev–Trinajstić information content (AvgIpc) is 2.62. The van der Waals surface area contributed by atoms with Gasteiger partial charge in [0.2, 0.25) is 15.9 Å². The molecule has 0 radical (unpaired) electrons. The molecule has 0 unspecified atom stereocenters. The molecule has 1 heterocycles. The molecule has 0 aliphatic carbocycles. The highest BCUT2D eigenvalue weighted by atomic mass is 32.2. The topological polar surface area (TPSA) is 155 Å². The van der Waals surface area contributed by atoms with Crippen LogP contribution < -0.4 is 10.5 Å². The quantitative estimate of drug-likeness (QED) is 0.486. The van der Waals surface area contributed by atoms with Crippen LogP contribution in [0.1, 0.15) is 12.1 Å². The number of aryl methyl sites for hydroxylation is 1. The molecule has 9 nitrogen and oxygen atoms in total. The van der Waals surface area contributed by atoms with Gasteiger partial charge in [0.1, 0.15) is 10.9 Å². The van der Waals surface area contributed by atoms with Gasteiger partial charge in [0.05, 0.1) is 18.3 Å². The zero-order valence-electron chi connectivity index (χ0n) is 9.37. The minimum Gasteiger partial charge on any atom is -0.480 e. The zero-order valence-corrected chi connectivity index (χ0v) is 10.2. The van der Waals surface area contributed by atoms with E-state index in [0.29, 0.717) is 0 Å². The number of carbonyl (C=O) groups excluding carboxylic acids is 1. The number of carbonyl (C=O) groups is 2. The van der Waals surface area contributed by atoms with Gasteiger partial charge in [0, 0.05) is 0 Å². The van der Waals surface area contributed by atoms with Crippen LogP contribution in [-0.4, -0.2) is 41.6 Å². The average molecular weight is 276 g/mol. The lowest BCUT2D eigenvalue weighted by atomic mass is 10.2. The first-order valence-corrected chi connectivity index (χ1v) is 6.25. The van der Waals surface area contributed by atoms with Crippen LogP contribution in [0.25, 0.3) is 0 Å². The first kappa shape index (κ1) is 14.1. The molecule has 1 amide bonds. The molecule has 0 aliphatic heterocycles. The highest BCUT2D eigenvalue weighted by molar-refractivity contribution is 7.89.